The first kappa shape index (κ1) is 21.9. The van der Waals surface area contributed by atoms with E-state index in [-0.39, 0.29) is 4.32 Å². The van der Waals surface area contributed by atoms with E-state index >= 15 is 0 Å². The van der Waals surface area contributed by atoms with Crippen molar-refractivity contribution < 1.29 is 24.2 Å². The van der Waals surface area contributed by atoms with Gasteiger partial charge in [0.1, 0.15) is 17.5 Å². The van der Waals surface area contributed by atoms with Crippen molar-refractivity contribution in [3.63, 3.8) is 0 Å². The fourth-order valence-electron chi connectivity index (χ4n) is 3.39. The molecule has 0 bridgehead atoms. The maximum atomic E-state index is 12.5. The SMILES string of the molecule is COc1cc(/C=C2/SC(=S)N(CC(=O)O)C2=O)ccc1OCc1cccc2ccccc12. The zero-order valence-electron chi connectivity index (χ0n) is 17.1. The summed E-state index contributed by atoms with van der Waals surface area (Å²) < 4.78 is 11.7. The van der Waals surface area contributed by atoms with Crippen LogP contribution in [0.3, 0.4) is 0 Å². The summed E-state index contributed by atoms with van der Waals surface area (Å²) in [5.74, 6) is -0.425. The zero-order valence-corrected chi connectivity index (χ0v) is 18.7. The van der Waals surface area contributed by atoms with Crippen molar-refractivity contribution >= 4 is 57.0 Å². The molecule has 1 aliphatic heterocycles. The number of thioether (sulfide) groups is 1. The Morgan fingerprint density at radius 2 is 1.91 bits per heavy atom. The van der Waals surface area contributed by atoms with Crippen molar-refractivity contribution in [3.8, 4) is 11.5 Å². The Hall–Kier alpha value is -3.36. The Bertz CT molecular complexity index is 1250. The maximum Gasteiger partial charge on any atom is 0.323 e. The van der Waals surface area contributed by atoms with E-state index in [2.05, 4.69) is 18.2 Å². The molecule has 1 N–H and O–H groups in total. The van der Waals surface area contributed by atoms with Crippen molar-refractivity contribution in [3.05, 3.63) is 76.7 Å². The van der Waals surface area contributed by atoms with Gasteiger partial charge in [-0.25, -0.2) is 0 Å². The minimum Gasteiger partial charge on any atom is -0.493 e. The van der Waals surface area contributed by atoms with Crippen LogP contribution in [0.15, 0.2) is 65.6 Å². The van der Waals surface area contributed by atoms with Gasteiger partial charge in [-0.05, 0) is 40.1 Å². The molecule has 32 heavy (non-hydrogen) atoms. The molecular weight excluding hydrogens is 446 g/mol. The van der Waals surface area contributed by atoms with Gasteiger partial charge >= 0.3 is 5.97 Å². The lowest BCUT2D eigenvalue weighted by Gasteiger charge is -2.13. The summed E-state index contributed by atoms with van der Waals surface area (Å²) in [4.78, 5) is 24.9. The number of nitrogens with zero attached hydrogens (tertiary/aromatic N) is 1. The molecule has 0 radical (unpaired) electrons. The van der Waals surface area contributed by atoms with Crippen molar-refractivity contribution in [1.82, 2.24) is 4.90 Å². The summed E-state index contributed by atoms with van der Waals surface area (Å²) in [5, 5.41) is 11.2. The van der Waals surface area contributed by atoms with Crippen LogP contribution < -0.4 is 9.47 Å². The predicted molar refractivity (Wildman–Crippen MR) is 129 cm³/mol. The summed E-state index contributed by atoms with van der Waals surface area (Å²) in [6.07, 6.45) is 1.66. The molecule has 6 nitrogen and oxygen atoms in total. The van der Waals surface area contributed by atoms with Gasteiger partial charge in [0.25, 0.3) is 5.91 Å². The van der Waals surface area contributed by atoms with Crippen LogP contribution in [0, 0.1) is 0 Å². The van der Waals surface area contributed by atoms with E-state index in [1.54, 1.807) is 25.3 Å². The lowest BCUT2D eigenvalue weighted by Crippen LogP contribution is -2.33. The first-order valence-corrected chi connectivity index (χ1v) is 10.9. The molecule has 1 amide bonds. The number of carbonyl (C=O) groups is 2. The number of ether oxygens (including phenoxy) is 2. The fourth-order valence-corrected chi connectivity index (χ4v) is 4.65. The Kier molecular flexibility index (Phi) is 6.43. The Morgan fingerprint density at radius 3 is 2.69 bits per heavy atom. The molecule has 1 fully saturated rings. The van der Waals surface area contributed by atoms with E-state index in [0.717, 1.165) is 38.6 Å². The quantitative estimate of drug-likeness (QED) is 0.400. The Labute approximate surface area is 194 Å². The molecule has 0 aromatic heterocycles. The van der Waals surface area contributed by atoms with Crippen molar-refractivity contribution in [2.45, 2.75) is 6.61 Å². The van der Waals surface area contributed by atoms with E-state index in [1.807, 2.05) is 30.3 Å². The third kappa shape index (κ3) is 4.61. The van der Waals surface area contributed by atoms with Crippen LogP contribution in [0.1, 0.15) is 11.1 Å². The summed E-state index contributed by atoms with van der Waals surface area (Å²) in [6, 6.07) is 19.6. The van der Waals surface area contributed by atoms with E-state index in [1.165, 1.54) is 0 Å². The monoisotopic (exact) mass is 465 g/mol. The van der Waals surface area contributed by atoms with Crippen molar-refractivity contribution in [1.29, 1.82) is 0 Å². The van der Waals surface area contributed by atoms with Gasteiger partial charge in [0.2, 0.25) is 0 Å². The average Bonchev–Trinajstić information content (AvgIpc) is 3.05. The van der Waals surface area contributed by atoms with Gasteiger partial charge in [0.05, 0.1) is 12.0 Å². The highest BCUT2D eigenvalue weighted by Gasteiger charge is 2.33. The van der Waals surface area contributed by atoms with Gasteiger partial charge in [0.15, 0.2) is 11.5 Å². The van der Waals surface area contributed by atoms with E-state index < -0.39 is 18.4 Å². The minimum atomic E-state index is -1.11. The normalized spacial score (nSPS) is 14.9. The van der Waals surface area contributed by atoms with E-state index in [4.69, 9.17) is 26.8 Å². The first-order chi connectivity index (χ1) is 15.5. The molecule has 1 saturated heterocycles. The molecular formula is C24H19NO5S2. The number of benzene rings is 3. The molecule has 0 saturated carbocycles. The molecule has 0 atom stereocenters. The summed E-state index contributed by atoms with van der Waals surface area (Å²) >= 11 is 6.21. The summed E-state index contributed by atoms with van der Waals surface area (Å²) in [6.45, 7) is -0.0722. The topological polar surface area (TPSA) is 76.1 Å². The molecule has 1 heterocycles. The lowest BCUT2D eigenvalue weighted by atomic mass is 10.1. The number of carboxylic acid groups (broad SMARTS) is 1. The average molecular weight is 466 g/mol. The Morgan fingerprint density at radius 1 is 1.12 bits per heavy atom. The van der Waals surface area contributed by atoms with Gasteiger partial charge in [-0.2, -0.15) is 0 Å². The molecule has 0 unspecified atom stereocenters. The van der Waals surface area contributed by atoms with Gasteiger partial charge < -0.3 is 14.6 Å². The second-order valence-corrected chi connectivity index (χ2v) is 8.67. The number of thiocarbonyl (C=S) groups is 1. The lowest BCUT2D eigenvalue weighted by molar-refractivity contribution is -0.140. The number of methoxy groups -OCH3 is 1. The van der Waals surface area contributed by atoms with Crippen LogP contribution >= 0.6 is 24.0 Å². The van der Waals surface area contributed by atoms with Crippen LogP contribution in [0.25, 0.3) is 16.8 Å². The number of carbonyl (C=O) groups excluding carboxylic acids is 1. The highest BCUT2D eigenvalue weighted by molar-refractivity contribution is 8.26. The molecule has 0 spiro atoms. The van der Waals surface area contributed by atoms with Crippen LogP contribution in [-0.4, -0.2) is 39.9 Å². The second-order valence-electron chi connectivity index (χ2n) is 7.00. The number of aliphatic carboxylic acids is 1. The number of fused-ring (bicyclic) bond motifs is 1. The summed E-state index contributed by atoms with van der Waals surface area (Å²) in [7, 11) is 1.55. The van der Waals surface area contributed by atoms with Crippen LogP contribution in [-0.2, 0) is 16.2 Å². The van der Waals surface area contributed by atoms with Gasteiger partial charge in [-0.1, -0.05) is 72.5 Å². The van der Waals surface area contributed by atoms with Crippen LogP contribution in [0.5, 0.6) is 11.5 Å². The number of carboxylic acids is 1. The minimum absolute atomic E-state index is 0.227. The van der Waals surface area contributed by atoms with Gasteiger partial charge in [-0.3, -0.25) is 14.5 Å². The number of hydrogen-bond donors (Lipinski definition) is 1. The van der Waals surface area contributed by atoms with Crippen molar-refractivity contribution in [2.75, 3.05) is 13.7 Å². The number of amides is 1. The number of hydrogen-bond acceptors (Lipinski definition) is 6. The highest BCUT2D eigenvalue weighted by Crippen LogP contribution is 2.35. The molecule has 3 aromatic carbocycles. The van der Waals surface area contributed by atoms with E-state index in [0.29, 0.717) is 23.0 Å². The Balaban J connectivity index is 1.53. The van der Waals surface area contributed by atoms with Crippen LogP contribution in [0.4, 0.5) is 0 Å². The molecule has 162 valence electrons. The van der Waals surface area contributed by atoms with Crippen LogP contribution in [0.2, 0.25) is 0 Å². The predicted octanol–water partition coefficient (Wildman–Crippen LogP) is 4.71. The maximum absolute atomic E-state index is 12.5. The van der Waals surface area contributed by atoms with Gasteiger partial charge in [0, 0.05) is 0 Å². The smallest absolute Gasteiger partial charge is 0.323 e. The molecule has 3 aromatic rings. The molecule has 4 rings (SSSR count). The van der Waals surface area contributed by atoms with E-state index in [9.17, 15) is 9.59 Å². The zero-order chi connectivity index (χ0) is 22.7. The standard InChI is InChI=1S/C24H19NO5S2/c1-29-20-11-15(12-21-23(28)25(13-22(26)27)24(31)32-21)9-10-19(20)30-14-17-7-4-6-16-5-2-3-8-18(16)17/h2-12H,13-14H2,1H3,(H,26,27)/b21-12+. The molecule has 1 aliphatic rings. The first-order valence-electron chi connectivity index (χ1n) is 9.71. The van der Waals surface area contributed by atoms with Gasteiger partial charge in [-0.15, -0.1) is 0 Å². The number of rotatable bonds is 7. The largest absolute Gasteiger partial charge is 0.493 e. The molecule has 8 heteroatoms. The van der Waals surface area contributed by atoms with Crippen molar-refractivity contribution in [2.24, 2.45) is 0 Å². The highest BCUT2D eigenvalue weighted by atomic mass is 32.2. The second kappa shape index (κ2) is 9.42. The third-order valence-corrected chi connectivity index (χ3v) is 6.29. The summed E-state index contributed by atoms with van der Waals surface area (Å²) in [5.41, 5.74) is 1.78. The molecule has 0 aliphatic carbocycles. The fraction of sp³-hybridized carbons (Fsp3) is 0.125. The third-order valence-electron chi connectivity index (χ3n) is 4.92.